The summed E-state index contributed by atoms with van der Waals surface area (Å²) in [4.78, 5) is 0. The quantitative estimate of drug-likeness (QED) is 0.564. The fraction of sp³-hybridized carbons (Fsp3) is 0.217. The van der Waals surface area contributed by atoms with Crippen molar-refractivity contribution in [1.82, 2.24) is 0 Å². The van der Waals surface area contributed by atoms with Crippen molar-refractivity contribution in [3.8, 4) is 11.5 Å². The van der Waals surface area contributed by atoms with Crippen molar-refractivity contribution in [2.24, 2.45) is 0 Å². The number of hydrogen-bond acceptors (Lipinski definition) is 2. The van der Waals surface area contributed by atoms with Crippen molar-refractivity contribution in [1.29, 1.82) is 0 Å². The summed E-state index contributed by atoms with van der Waals surface area (Å²) in [6, 6.07) is 13.4. The molecule has 1 aliphatic rings. The average Bonchev–Trinajstić information content (AvgIpc) is 2.65. The molecule has 0 fully saturated rings. The van der Waals surface area contributed by atoms with Gasteiger partial charge in [0.25, 0.3) is 0 Å². The zero-order chi connectivity index (χ0) is 19.4. The highest BCUT2D eigenvalue weighted by atomic mass is 16.5. The Bertz CT molecular complexity index is 864. The number of ether oxygens (including phenoxy) is 1. The SMILES string of the molecule is [CH2-][NH2+]C(=Cc1ccc(O)cc1)C(=Cc1ccc2c(c1)CCC(C)(C)O2)[NH2+][CH2-]. The highest BCUT2D eigenvalue weighted by Crippen LogP contribution is 2.33. The first-order chi connectivity index (χ1) is 12.9. The van der Waals surface area contributed by atoms with E-state index in [4.69, 9.17) is 4.74 Å². The molecule has 0 radical (unpaired) electrons. The monoisotopic (exact) mass is 364 g/mol. The lowest BCUT2D eigenvalue weighted by Crippen LogP contribution is -2.84. The van der Waals surface area contributed by atoms with Crippen molar-refractivity contribution in [3.05, 3.63) is 84.6 Å². The molecule has 0 aliphatic carbocycles. The van der Waals surface area contributed by atoms with Crippen LogP contribution in [0, 0.1) is 14.1 Å². The van der Waals surface area contributed by atoms with Crippen LogP contribution in [0.2, 0.25) is 0 Å². The van der Waals surface area contributed by atoms with Crippen LogP contribution in [0.15, 0.2) is 53.9 Å². The van der Waals surface area contributed by atoms with Crippen LogP contribution in [0.3, 0.4) is 0 Å². The Hall–Kier alpha value is -2.56. The van der Waals surface area contributed by atoms with Gasteiger partial charge in [0, 0.05) is 12.2 Å². The molecule has 0 amide bonds. The summed E-state index contributed by atoms with van der Waals surface area (Å²) in [5.41, 5.74) is 5.23. The zero-order valence-corrected chi connectivity index (χ0v) is 16.0. The van der Waals surface area contributed by atoms with Gasteiger partial charge < -0.3 is 20.5 Å². The summed E-state index contributed by atoms with van der Waals surface area (Å²) in [6.45, 7) is 4.26. The number of rotatable bonds is 5. The summed E-state index contributed by atoms with van der Waals surface area (Å²) in [6.07, 6.45) is 6.18. The fourth-order valence-corrected chi connectivity index (χ4v) is 3.22. The lowest BCUT2D eigenvalue weighted by Gasteiger charge is -2.32. The van der Waals surface area contributed by atoms with Crippen molar-refractivity contribution in [3.63, 3.8) is 0 Å². The molecule has 5 N–H and O–H groups in total. The third kappa shape index (κ3) is 4.79. The van der Waals surface area contributed by atoms with E-state index >= 15 is 0 Å². The molecule has 3 rings (SSSR count). The molecule has 0 saturated carbocycles. The van der Waals surface area contributed by atoms with Crippen LogP contribution >= 0.6 is 0 Å². The molecule has 4 heteroatoms. The minimum atomic E-state index is -0.0977. The smallest absolute Gasteiger partial charge is 0.163 e. The van der Waals surface area contributed by atoms with Gasteiger partial charge in [-0.1, -0.05) is 18.2 Å². The molecule has 0 saturated heterocycles. The summed E-state index contributed by atoms with van der Waals surface area (Å²) in [5.74, 6) is 1.23. The Balaban J connectivity index is 1.90. The van der Waals surface area contributed by atoms with Gasteiger partial charge >= 0.3 is 0 Å². The van der Waals surface area contributed by atoms with Crippen LogP contribution in [0.5, 0.6) is 11.5 Å². The second kappa shape index (κ2) is 7.99. The van der Waals surface area contributed by atoms with E-state index < -0.39 is 0 Å². The van der Waals surface area contributed by atoms with E-state index in [1.54, 1.807) is 12.1 Å². The van der Waals surface area contributed by atoms with Crippen molar-refractivity contribution in [2.75, 3.05) is 0 Å². The molecule has 1 heterocycles. The number of quaternary nitrogens is 2. The van der Waals surface area contributed by atoms with Crippen LogP contribution in [-0.2, 0) is 6.42 Å². The van der Waals surface area contributed by atoms with Crippen molar-refractivity contribution in [2.45, 2.75) is 32.3 Å². The van der Waals surface area contributed by atoms with Gasteiger partial charge in [-0.3, -0.25) is 0 Å². The number of fused-ring (bicyclic) bond motifs is 1. The van der Waals surface area contributed by atoms with Gasteiger partial charge in [0.1, 0.15) is 17.1 Å². The number of aromatic hydroxyl groups is 1. The summed E-state index contributed by atoms with van der Waals surface area (Å²) >= 11 is 0. The molecule has 2 aromatic carbocycles. The van der Waals surface area contributed by atoms with Gasteiger partial charge in [-0.25, -0.2) is 0 Å². The average molecular weight is 364 g/mol. The summed E-state index contributed by atoms with van der Waals surface area (Å²) < 4.78 is 6.07. The Morgan fingerprint density at radius 3 is 2.22 bits per heavy atom. The number of benzene rings is 2. The van der Waals surface area contributed by atoms with Gasteiger partial charge in [0.05, 0.1) is 0 Å². The molecule has 0 aromatic heterocycles. The Morgan fingerprint density at radius 2 is 1.59 bits per heavy atom. The molecule has 142 valence electrons. The van der Waals surface area contributed by atoms with Gasteiger partial charge in [0.15, 0.2) is 11.4 Å². The van der Waals surface area contributed by atoms with Gasteiger partial charge in [-0.05, 0) is 67.6 Å². The van der Waals surface area contributed by atoms with Crippen LogP contribution in [-0.4, -0.2) is 10.7 Å². The molecule has 4 nitrogen and oxygen atoms in total. The zero-order valence-electron chi connectivity index (χ0n) is 16.0. The third-order valence-electron chi connectivity index (χ3n) is 4.78. The number of phenols is 1. The summed E-state index contributed by atoms with van der Waals surface area (Å²) in [5, 5.41) is 13.1. The van der Waals surface area contributed by atoms with Crippen LogP contribution in [0.1, 0.15) is 37.0 Å². The molecule has 0 spiro atoms. The first-order valence-corrected chi connectivity index (χ1v) is 9.20. The van der Waals surface area contributed by atoms with Crippen molar-refractivity contribution >= 4 is 12.2 Å². The molecule has 1 aliphatic heterocycles. The fourth-order valence-electron chi connectivity index (χ4n) is 3.22. The van der Waals surface area contributed by atoms with Crippen LogP contribution in [0.25, 0.3) is 12.2 Å². The predicted molar refractivity (Wildman–Crippen MR) is 108 cm³/mol. The van der Waals surface area contributed by atoms with E-state index in [0.717, 1.165) is 41.1 Å². The number of aryl methyl sites for hydroxylation is 1. The molecular weight excluding hydrogens is 336 g/mol. The highest BCUT2D eigenvalue weighted by molar-refractivity contribution is 5.63. The maximum atomic E-state index is 9.45. The normalized spacial score (nSPS) is 16.6. The summed E-state index contributed by atoms with van der Waals surface area (Å²) in [7, 11) is 7.91. The Labute approximate surface area is 161 Å². The third-order valence-corrected chi connectivity index (χ3v) is 4.78. The Kier molecular flexibility index (Phi) is 5.68. The van der Waals surface area contributed by atoms with Crippen LogP contribution in [0.4, 0.5) is 0 Å². The van der Waals surface area contributed by atoms with Crippen molar-refractivity contribution < 1.29 is 20.5 Å². The number of nitrogens with two attached hydrogens (primary N) is 2. The number of phenolic OH excluding ortho intramolecular Hbond substituents is 1. The molecule has 0 unspecified atom stereocenters. The van der Waals surface area contributed by atoms with E-state index in [9.17, 15) is 5.11 Å². The molecule has 0 bridgehead atoms. The molecule has 2 aromatic rings. The second-order valence-corrected chi connectivity index (χ2v) is 7.43. The molecule has 27 heavy (non-hydrogen) atoms. The largest absolute Gasteiger partial charge is 0.508 e. The topological polar surface area (TPSA) is 62.7 Å². The van der Waals surface area contributed by atoms with Gasteiger partial charge in [0.2, 0.25) is 0 Å². The van der Waals surface area contributed by atoms with E-state index in [1.807, 2.05) is 28.8 Å². The minimum absolute atomic E-state index is 0.0977. The maximum absolute atomic E-state index is 9.45. The first kappa shape index (κ1) is 19.2. The minimum Gasteiger partial charge on any atom is -0.508 e. The maximum Gasteiger partial charge on any atom is 0.163 e. The van der Waals surface area contributed by atoms with E-state index in [1.165, 1.54) is 5.56 Å². The van der Waals surface area contributed by atoms with E-state index in [2.05, 4.69) is 52.2 Å². The molecular formula is C23H28N2O2. The van der Waals surface area contributed by atoms with Gasteiger partial charge in [-0.2, -0.15) is 0 Å². The standard InChI is InChI=1S/C23H28N2O2/c1-23(2)12-11-18-13-17(7-10-22(18)27-23)15-21(25-4)20(24-3)14-16-5-8-19(26)9-6-16/h5-10,13-15,26H,3-4,11-12,24-25H2,1-2H3. The number of hydrogen-bond donors (Lipinski definition) is 3. The van der Waals surface area contributed by atoms with E-state index in [0.29, 0.717) is 0 Å². The van der Waals surface area contributed by atoms with Crippen LogP contribution < -0.4 is 15.4 Å². The van der Waals surface area contributed by atoms with E-state index in [-0.39, 0.29) is 11.4 Å². The van der Waals surface area contributed by atoms with Gasteiger partial charge in [-0.15, -0.1) is 14.1 Å². The lowest BCUT2D eigenvalue weighted by atomic mass is 9.93. The predicted octanol–water partition coefficient (Wildman–Crippen LogP) is 2.59. The lowest BCUT2D eigenvalue weighted by molar-refractivity contribution is -0.594. The second-order valence-electron chi connectivity index (χ2n) is 7.43. The molecule has 0 atom stereocenters. The Morgan fingerprint density at radius 1 is 1.00 bits per heavy atom. The highest BCUT2D eigenvalue weighted by Gasteiger charge is 2.26. The first-order valence-electron chi connectivity index (χ1n) is 9.20.